The summed E-state index contributed by atoms with van der Waals surface area (Å²) in [6.45, 7) is 4.59. The van der Waals surface area contributed by atoms with E-state index in [4.69, 9.17) is 4.74 Å². The van der Waals surface area contributed by atoms with Crippen LogP contribution < -0.4 is 4.74 Å². The van der Waals surface area contributed by atoms with Crippen LogP contribution in [0, 0.1) is 0 Å². The predicted molar refractivity (Wildman–Crippen MR) is 99.4 cm³/mol. The Balaban J connectivity index is 1.71. The molecule has 0 aliphatic heterocycles. The van der Waals surface area contributed by atoms with Gasteiger partial charge >= 0.3 is 5.97 Å². The van der Waals surface area contributed by atoms with Crippen molar-refractivity contribution in [2.75, 3.05) is 0 Å². The monoisotopic (exact) mass is 353 g/mol. The molecule has 3 aromatic rings. The van der Waals surface area contributed by atoms with Gasteiger partial charge in [-0.25, -0.2) is 9.78 Å². The van der Waals surface area contributed by atoms with Gasteiger partial charge in [-0.2, -0.15) is 0 Å². The highest BCUT2D eigenvalue weighted by atomic mass is 32.1. The summed E-state index contributed by atoms with van der Waals surface area (Å²) in [5.41, 5.74) is 3.43. The Morgan fingerprint density at radius 1 is 1.16 bits per heavy atom. The van der Waals surface area contributed by atoms with Crippen LogP contribution in [0.15, 0.2) is 53.9 Å². The van der Waals surface area contributed by atoms with Crippen molar-refractivity contribution < 1.29 is 14.6 Å². The molecule has 0 fully saturated rings. The normalized spacial score (nSPS) is 10.8. The number of thiazole rings is 1. The van der Waals surface area contributed by atoms with E-state index in [1.165, 1.54) is 23.0 Å². The molecule has 0 saturated heterocycles. The van der Waals surface area contributed by atoms with Crippen molar-refractivity contribution in [1.82, 2.24) is 4.98 Å². The predicted octanol–water partition coefficient (Wildman–Crippen LogP) is 5.21. The zero-order valence-corrected chi connectivity index (χ0v) is 14.9. The molecular formula is C20H19NO3S. The van der Waals surface area contributed by atoms with Crippen molar-refractivity contribution in [2.45, 2.75) is 26.4 Å². The SMILES string of the molecule is CC(C)c1ccc(-c2csc(COc3ccccc3C(=O)O)n2)cc1. The highest BCUT2D eigenvalue weighted by Crippen LogP contribution is 2.26. The number of carboxylic acids is 1. The van der Waals surface area contributed by atoms with Crippen molar-refractivity contribution in [1.29, 1.82) is 0 Å². The summed E-state index contributed by atoms with van der Waals surface area (Å²) in [5, 5.41) is 12.0. The zero-order chi connectivity index (χ0) is 17.8. The summed E-state index contributed by atoms with van der Waals surface area (Å²) in [5.74, 6) is -0.142. The third kappa shape index (κ3) is 4.06. The van der Waals surface area contributed by atoms with E-state index in [-0.39, 0.29) is 12.2 Å². The topological polar surface area (TPSA) is 59.4 Å². The quantitative estimate of drug-likeness (QED) is 0.661. The molecule has 1 heterocycles. The Bertz CT molecular complexity index is 869. The Kier molecular flexibility index (Phi) is 5.14. The fraction of sp³-hybridized carbons (Fsp3) is 0.200. The molecule has 25 heavy (non-hydrogen) atoms. The second-order valence-corrected chi connectivity index (χ2v) is 6.94. The van der Waals surface area contributed by atoms with Crippen LogP contribution in [0.2, 0.25) is 0 Å². The average Bonchev–Trinajstić information content (AvgIpc) is 3.09. The van der Waals surface area contributed by atoms with E-state index in [1.54, 1.807) is 18.2 Å². The second-order valence-electron chi connectivity index (χ2n) is 5.99. The fourth-order valence-corrected chi connectivity index (χ4v) is 3.17. The number of aromatic nitrogens is 1. The minimum atomic E-state index is -0.999. The number of carboxylic acid groups (broad SMARTS) is 1. The number of nitrogens with zero attached hydrogens (tertiary/aromatic N) is 1. The molecule has 0 saturated carbocycles. The first-order valence-electron chi connectivity index (χ1n) is 8.04. The first-order valence-corrected chi connectivity index (χ1v) is 8.92. The van der Waals surface area contributed by atoms with E-state index < -0.39 is 5.97 Å². The number of hydrogen-bond acceptors (Lipinski definition) is 4. The van der Waals surface area contributed by atoms with E-state index >= 15 is 0 Å². The molecule has 0 bridgehead atoms. The van der Waals surface area contributed by atoms with Gasteiger partial charge in [-0.1, -0.05) is 50.2 Å². The van der Waals surface area contributed by atoms with E-state index in [9.17, 15) is 9.90 Å². The summed E-state index contributed by atoms with van der Waals surface area (Å²) >= 11 is 1.50. The molecule has 2 aromatic carbocycles. The number of benzene rings is 2. The summed E-state index contributed by atoms with van der Waals surface area (Å²) in [6, 6.07) is 15.0. The van der Waals surface area contributed by atoms with Gasteiger partial charge in [0.15, 0.2) is 0 Å². The summed E-state index contributed by atoms with van der Waals surface area (Å²) in [4.78, 5) is 15.8. The van der Waals surface area contributed by atoms with Gasteiger partial charge in [-0.3, -0.25) is 0 Å². The van der Waals surface area contributed by atoms with Gasteiger partial charge in [0.2, 0.25) is 0 Å². The van der Waals surface area contributed by atoms with Gasteiger partial charge in [-0.05, 0) is 23.6 Å². The Hall–Kier alpha value is -2.66. The van der Waals surface area contributed by atoms with Crippen molar-refractivity contribution in [3.05, 3.63) is 70.0 Å². The van der Waals surface area contributed by atoms with E-state index in [1.807, 2.05) is 5.38 Å². The highest BCUT2D eigenvalue weighted by Gasteiger charge is 2.11. The van der Waals surface area contributed by atoms with Crippen LogP contribution in [0.4, 0.5) is 0 Å². The molecule has 5 heteroatoms. The maximum Gasteiger partial charge on any atom is 0.339 e. The maximum absolute atomic E-state index is 11.2. The van der Waals surface area contributed by atoms with Crippen LogP contribution in [0.3, 0.4) is 0 Å². The van der Waals surface area contributed by atoms with Crippen LogP contribution in [0.25, 0.3) is 11.3 Å². The van der Waals surface area contributed by atoms with Crippen LogP contribution in [-0.4, -0.2) is 16.1 Å². The van der Waals surface area contributed by atoms with Crippen molar-refractivity contribution >= 4 is 17.3 Å². The molecule has 0 atom stereocenters. The Labute approximate surface area is 150 Å². The zero-order valence-electron chi connectivity index (χ0n) is 14.1. The summed E-state index contributed by atoms with van der Waals surface area (Å²) < 4.78 is 5.65. The molecule has 0 spiro atoms. The van der Waals surface area contributed by atoms with Gasteiger partial charge in [-0.15, -0.1) is 11.3 Å². The molecule has 3 rings (SSSR count). The minimum absolute atomic E-state index is 0.156. The first-order chi connectivity index (χ1) is 12.0. The molecule has 128 valence electrons. The smallest absolute Gasteiger partial charge is 0.339 e. The number of rotatable bonds is 6. The van der Waals surface area contributed by atoms with Crippen LogP contribution in [0.5, 0.6) is 5.75 Å². The molecular weight excluding hydrogens is 334 g/mol. The largest absolute Gasteiger partial charge is 0.486 e. The minimum Gasteiger partial charge on any atom is -0.486 e. The Morgan fingerprint density at radius 2 is 1.88 bits per heavy atom. The molecule has 4 nitrogen and oxygen atoms in total. The number of aromatic carboxylic acids is 1. The number of ether oxygens (including phenoxy) is 1. The lowest BCUT2D eigenvalue weighted by Gasteiger charge is -2.07. The van der Waals surface area contributed by atoms with Gasteiger partial charge in [0.25, 0.3) is 0 Å². The number of carbonyl (C=O) groups is 1. The van der Waals surface area contributed by atoms with Crippen molar-refractivity contribution in [3.63, 3.8) is 0 Å². The standard InChI is InChI=1S/C20H19NO3S/c1-13(2)14-7-9-15(10-8-14)17-12-25-19(21-17)11-24-18-6-4-3-5-16(18)20(22)23/h3-10,12-13H,11H2,1-2H3,(H,22,23). The van der Waals surface area contributed by atoms with E-state index in [0.29, 0.717) is 11.7 Å². The van der Waals surface area contributed by atoms with Crippen LogP contribution in [-0.2, 0) is 6.61 Å². The lowest BCUT2D eigenvalue weighted by atomic mass is 10.0. The third-order valence-corrected chi connectivity index (χ3v) is 4.72. The average molecular weight is 353 g/mol. The molecule has 0 aliphatic rings. The lowest BCUT2D eigenvalue weighted by molar-refractivity contribution is 0.0691. The van der Waals surface area contributed by atoms with Gasteiger partial charge in [0.1, 0.15) is 22.9 Å². The molecule has 0 radical (unpaired) electrons. The summed E-state index contributed by atoms with van der Waals surface area (Å²) in [6.07, 6.45) is 0. The highest BCUT2D eigenvalue weighted by molar-refractivity contribution is 7.09. The van der Waals surface area contributed by atoms with Gasteiger partial charge in [0.05, 0.1) is 5.69 Å². The third-order valence-electron chi connectivity index (χ3n) is 3.89. The van der Waals surface area contributed by atoms with Crippen LogP contribution >= 0.6 is 11.3 Å². The second kappa shape index (κ2) is 7.49. The number of para-hydroxylation sites is 1. The van der Waals surface area contributed by atoms with Crippen molar-refractivity contribution in [3.8, 4) is 17.0 Å². The molecule has 0 unspecified atom stereocenters. The van der Waals surface area contributed by atoms with E-state index in [0.717, 1.165) is 16.3 Å². The van der Waals surface area contributed by atoms with Gasteiger partial charge in [0, 0.05) is 10.9 Å². The van der Waals surface area contributed by atoms with Crippen LogP contribution in [0.1, 0.15) is 40.7 Å². The number of hydrogen-bond donors (Lipinski definition) is 1. The van der Waals surface area contributed by atoms with Crippen molar-refractivity contribution in [2.24, 2.45) is 0 Å². The van der Waals surface area contributed by atoms with Gasteiger partial charge < -0.3 is 9.84 Å². The Morgan fingerprint density at radius 3 is 2.56 bits per heavy atom. The van der Waals surface area contributed by atoms with E-state index in [2.05, 4.69) is 43.1 Å². The maximum atomic E-state index is 11.2. The fourth-order valence-electron chi connectivity index (χ4n) is 2.46. The summed E-state index contributed by atoms with van der Waals surface area (Å²) in [7, 11) is 0. The first kappa shape index (κ1) is 17.2. The lowest BCUT2D eigenvalue weighted by Crippen LogP contribution is -2.03. The molecule has 1 aromatic heterocycles. The molecule has 0 aliphatic carbocycles. The molecule has 1 N–H and O–H groups in total. The molecule has 0 amide bonds.